The highest BCUT2D eigenvalue weighted by Crippen LogP contribution is 2.28. The minimum Gasteiger partial charge on any atom is -0.456 e. The van der Waals surface area contributed by atoms with E-state index in [1.165, 1.54) is 31.5 Å². The largest absolute Gasteiger partial charge is 0.456 e. The van der Waals surface area contributed by atoms with Crippen LogP contribution in [0.1, 0.15) is 0 Å². The first-order valence-electron chi connectivity index (χ1n) is 11.0. The molecule has 0 bridgehead atoms. The van der Waals surface area contributed by atoms with Crippen molar-refractivity contribution in [1.82, 2.24) is 0 Å². The minimum atomic E-state index is -2.61. The Morgan fingerprint density at radius 2 is 0.875 bits per heavy atom. The number of furan rings is 1. The van der Waals surface area contributed by atoms with Gasteiger partial charge >= 0.3 is 0 Å². The number of hydrogen-bond donors (Lipinski definition) is 0. The van der Waals surface area contributed by atoms with Crippen molar-refractivity contribution in [2.45, 2.75) is 0 Å². The molecule has 32 heavy (non-hydrogen) atoms. The van der Waals surface area contributed by atoms with Crippen LogP contribution in [0.5, 0.6) is 0 Å². The fourth-order valence-electron chi connectivity index (χ4n) is 5.12. The molecule has 1 aromatic heterocycles. The fourth-order valence-corrected chi connectivity index (χ4v) is 10.1. The van der Waals surface area contributed by atoms with Gasteiger partial charge in [-0.1, -0.05) is 121 Å². The second kappa shape index (κ2) is 7.67. The van der Waals surface area contributed by atoms with Crippen LogP contribution in [-0.2, 0) is 0 Å². The molecule has 0 spiro atoms. The molecular weight excluding hydrogens is 404 g/mol. The molecule has 0 radical (unpaired) electrons. The summed E-state index contributed by atoms with van der Waals surface area (Å²) in [5.41, 5.74) is 1.88. The molecule has 0 amide bonds. The Kier molecular flexibility index (Phi) is 4.52. The van der Waals surface area contributed by atoms with Crippen LogP contribution in [0, 0.1) is 0 Å². The molecule has 0 aliphatic rings. The molecule has 0 N–H and O–H groups in total. The summed E-state index contributed by atoms with van der Waals surface area (Å²) in [5.74, 6) is 0. The fraction of sp³-hybridized carbons (Fsp3) is 0. The van der Waals surface area contributed by atoms with Gasteiger partial charge in [-0.05, 0) is 32.9 Å². The lowest BCUT2D eigenvalue weighted by Gasteiger charge is -2.34. The molecule has 0 fully saturated rings. The molecule has 6 rings (SSSR count). The van der Waals surface area contributed by atoms with Gasteiger partial charge in [-0.3, -0.25) is 0 Å². The van der Waals surface area contributed by atoms with E-state index >= 15 is 0 Å². The lowest BCUT2D eigenvalue weighted by molar-refractivity contribution is 0.669. The van der Waals surface area contributed by atoms with E-state index in [9.17, 15) is 0 Å². The summed E-state index contributed by atoms with van der Waals surface area (Å²) in [7, 11) is -2.61. The molecule has 5 aromatic carbocycles. The van der Waals surface area contributed by atoms with Gasteiger partial charge < -0.3 is 4.42 Å². The van der Waals surface area contributed by atoms with E-state index in [0.717, 1.165) is 11.2 Å². The molecule has 0 aliphatic carbocycles. The SMILES string of the molecule is c1ccc([Si](c2ccccc2)(c2ccccc2)c2cccc3oc4ccccc4c23)cc1. The van der Waals surface area contributed by atoms with Crippen LogP contribution in [0.2, 0.25) is 0 Å². The standard InChI is InChI=1S/C30H22OSi/c1-4-13-23(14-5-1)32(24-15-6-2-7-16-24,25-17-8-3-9-18-25)29-22-12-21-28-30(29)26-19-10-11-20-27(26)31-28/h1-22H. The van der Waals surface area contributed by atoms with Crippen LogP contribution in [0.25, 0.3) is 21.9 Å². The number of para-hydroxylation sites is 1. The highest BCUT2D eigenvalue weighted by molar-refractivity contribution is 7.20. The minimum absolute atomic E-state index is 0.937. The second-order valence-electron chi connectivity index (χ2n) is 8.13. The maximum atomic E-state index is 6.32. The summed E-state index contributed by atoms with van der Waals surface area (Å²) >= 11 is 0. The summed E-state index contributed by atoms with van der Waals surface area (Å²) < 4.78 is 6.32. The third-order valence-electron chi connectivity index (χ3n) is 6.43. The summed E-state index contributed by atoms with van der Waals surface area (Å²) in [5, 5.41) is 7.88. The Bertz CT molecular complexity index is 1410. The summed E-state index contributed by atoms with van der Waals surface area (Å²) in [6.07, 6.45) is 0. The zero-order valence-corrected chi connectivity index (χ0v) is 18.6. The third kappa shape index (κ3) is 2.77. The van der Waals surface area contributed by atoms with Gasteiger partial charge in [-0.15, -0.1) is 0 Å². The Labute approximate surface area is 188 Å². The van der Waals surface area contributed by atoms with Gasteiger partial charge in [0.2, 0.25) is 0 Å². The van der Waals surface area contributed by atoms with Crippen molar-refractivity contribution in [2.75, 3.05) is 0 Å². The lowest BCUT2D eigenvalue weighted by atomic mass is 10.1. The quantitative estimate of drug-likeness (QED) is 0.287. The van der Waals surface area contributed by atoms with E-state index in [0.29, 0.717) is 0 Å². The predicted molar refractivity (Wildman–Crippen MR) is 137 cm³/mol. The Morgan fingerprint density at radius 3 is 1.44 bits per heavy atom. The van der Waals surface area contributed by atoms with Gasteiger partial charge in [-0.25, -0.2) is 0 Å². The van der Waals surface area contributed by atoms with E-state index in [1.54, 1.807) is 0 Å². The van der Waals surface area contributed by atoms with Crippen molar-refractivity contribution in [3.05, 3.63) is 133 Å². The van der Waals surface area contributed by atoms with Gasteiger partial charge in [0.05, 0.1) is 0 Å². The first-order valence-corrected chi connectivity index (χ1v) is 13.0. The first-order chi connectivity index (χ1) is 15.9. The first kappa shape index (κ1) is 18.9. The van der Waals surface area contributed by atoms with E-state index in [-0.39, 0.29) is 0 Å². The van der Waals surface area contributed by atoms with Crippen LogP contribution in [0.3, 0.4) is 0 Å². The number of benzene rings is 5. The number of hydrogen-bond acceptors (Lipinski definition) is 1. The average Bonchev–Trinajstić information content (AvgIpc) is 3.26. The summed E-state index contributed by atoms with van der Waals surface area (Å²) in [6.45, 7) is 0. The van der Waals surface area contributed by atoms with E-state index in [1.807, 2.05) is 6.07 Å². The van der Waals surface area contributed by atoms with Crippen molar-refractivity contribution >= 4 is 50.8 Å². The molecule has 0 atom stereocenters. The van der Waals surface area contributed by atoms with Crippen LogP contribution >= 0.6 is 0 Å². The number of fused-ring (bicyclic) bond motifs is 3. The Hall–Kier alpha value is -3.88. The van der Waals surface area contributed by atoms with Gasteiger partial charge in [0.1, 0.15) is 11.2 Å². The zero-order valence-electron chi connectivity index (χ0n) is 17.6. The van der Waals surface area contributed by atoms with Crippen molar-refractivity contribution in [3.8, 4) is 0 Å². The van der Waals surface area contributed by atoms with Crippen molar-refractivity contribution in [1.29, 1.82) is 0 Å². The van der Waals surface area contributed by atoms with Crippen molar-refractivity contribution in [3.63, 3.8) is 0 Å². The molecule has 0 aliphatic heterocycles. The monoisotopic (exact) mass is 426 g/mol. The van der Waals surface area contributed by atoms with Gasteiger partial charge in [-0.2, -0.15) is 0 Å². The summed E-state index contributed by atoms with van der Waals surface area (Å²) in [4.78, 5) is 0. The molecule has 1 heterocycles. The van der Waals surface area contributed by atoms with Gasteiger partial charge in [0.15, 0.2) is 8.07 Å². The normalized spacial score (nSPS) is 11.8. The Morgan fingerprint density at radius 1 is 0.406 bits per heavy atom. The smallest absolute Gasteiger partial charge is 0.180 e. The van der Waals surface area contributed by atoms with Crippen LogP contribution < -0.4 is 20.7 Å². The molecule has 0 saturated carbocycles. The van der Waals surface area contributed by atoms with Gasteiger partial charge in [0, 0.05) is 10.8 Å². The molecule has 0 saturated heterocycles. The average molecular weight is 427 g/mol. The predicted octanol–water partition coefficient (Wildman–Crippen LogP) is 4.96. The van der Waals surface area contributed by atoms with Crippen LogP contribution in [0.15, 0.2) is 138 Å². The maximum absolute atomic E-state index is 6.32. The zero-order chi connectivity index (χ0) is 21.4. The molecule has 0 unspecified atom stereocenters. The Balaban J connectivity index is 1.85. The van der Waals surface area contributed by atoms with E-state index in [2.05, 4.69) is 127 Å². The maximum Gasteiger partial charge on any atom is 0.180 e. The highest BCUT2D eigenvalue weighted by atomic mass is 28.3. The molecule has 2 heteroatoms. The van der Waals surface area contributed by atoms with E-state index < -0.39 is 8.07 Å². The molecule has 1 nitrogen and oxygen atoms in total. The molecule has 152 valence electrons. The molecular formula is C30H22OSi. The van der Waals surface area contributed by atoms with E-state index in [4.69, 9.17) is 4.42 Å². The third-order valence-corrected chi connectivity index (χ3v) is 11.2. The highest BCUT2D eigenvalue weighted by Gasteiger charge is 2.42. The van der Waals surface area contributed by atoms with Gasteiger partial charge in [0.25, 0.3) is 0 Å². The molecule has 6 aromatic rings. The van der Waals surface area contributed by atoms with Crippen molar-refractivity contribution < 1.29 is 4.42 Å². The van der Waals surface area contributed by atoms with Crippen molar-refractivity contribution in [2.24, 2.45) is 0 Å². The topological polar surface area (TPSA) is 13.1 Å². The van der Waals surface area contributed by atoms with Crippen LogP contribution in [-0.4, -0.2) is 8.07 Å². The number of rotatable bonds is 4. The van der Waals surface area contributed by atoms with Crippen LogP contribution in [0.4, 0.5) is 0 Å². The lowest BCUT2D eigenvalue weighted by Crippen LogP contribution is -2.74. The summed E-state index contributed by atoms with van der Waals surface area (Å²) in [6, 6.07) is 48.0. The second-order valence-corrected chi connectivity index (χ2v) is 11.9.